The zero-order valence-electron chi connectivity index (χ0n) is 11.1. The van der Waals surface area contributed by atoms with Gasteiger partial charge in [0.05, 0.1) is 17.0 Å². The van der Waals surface area contributed by atoms with E-state index in [1.54, 1.807) is 0 Å². The predicted octanol–water partition coefficient (Wildman–Crippen LogP) is 4.28. The molecular weight excluding hydrogens is 307 g/mol. The second-order valence-corrected chi connectivity index (χ2v) is 5.67. The third-order valence-electron chi connectivity index (χ3n) is 3.73. The third-order valence-corrected chi connectivity index (χ3v) is 4.45. The first-order valence-corrected chi connectivity index (χ1v) is 7.57. The highest BCUT2D eigenvalue weighted by molar-refractivity contribution is 6.41. The molecule has 3 aromatic carbocycles. The molecule has 0 saturated carbocycles. The third kappa shape index (κ3) is 2.39. The lowest BCUT2D eigenvalue weighted by Gasteiger charge is -2.21. The first-order valence-electron chi connectivity index (χ1n) is 6.66. The first kappa shape index (κ1) is 14.6. The van der Waals surface area contributed by atoms with Crippen molar-refractivity contribution in [3.05, 3.63) is 59.1 Å². The standard InChI is InChI=1S/C17H14Cl2O2/c18-9-14(20)17(21)15-10-5-1-3-7-12(10)16(19)13-8-4-2-6-11(13)15/h1-8,14,17,20-21H,9H2. The fourth-order valence-electron chi connectivity index (χ4n) is 2.70. The summed E-state index contributed by atoms with van der Waals surface area (Å²) in [5.41, 5.74) is 0.666. The van der Waals surface area contributed by atoms with Gasteiger partial charge in [-0.3, -0.25) is 0 Å². The fourth-order valence-corrected chi connectivity index (χ4v) is 3.20. The highest BCUT2D eigenvalue weighted by atomic mass is 35.5. The topological polar surface area (TPSA) is 40.5 Å². The van der Waals surface area contributed by atoms with E-state index < -0.39 is 12.2 Å². The molecule has 3 rings (SSSR count). The van der Waals surface area contributed by atoms with E-state index in [0.717, 1.165) is 21.5 Å². The molecule has 0 aromatic heterocycles. The van der Waals surface area contributed by atoms with Crippen molar-refractivity contribution in [3.8, 4) is 0 Å². The molecular formula is C17H14Cl2O2. The zero-order valence-corrected chi connectivity index (χ0v) is 12.6. The van der Waals surface area contributed by atoms with Gasteiger partial charge in [0.15, 0.2) is 0 Å². The maximum absolute atomic E-state index is 10.5. The van der Waals surface area contributed by atoms with Gasteiger partial charge in [-0.25, -0.2) is 0 Å². The van der Waals surface area contributed by atoms with Crippen LogP contribution in [0.3, 0.4) is 0 Å². The number of rotatable bonds is 3. The van der Waals surface area contributed by atoms with Crippen molar-refractivity contribution in [2.45, 2.75) is 12.2 Å². The minimum absolute atomic E-state index is 0.0353. The van der Waals surface area contributed by atoms with Gasteiger partial charge in [-0.1, -0.05) is 60.1 Å². The Morgan fingerprint density at radius 1 is 0.810 bits per heavy atom. The molecule has 0 aliphatic rings. The number of aliphatic hydroxyl groups is 2. The molecule has 21 heavy (non-hydrogen) atoms. The number of alkyl halides is 1. The molecule has 2 unspecified atom stereocenters. The van der Waals surface area contributed by atoms with E-state index in [1.165, 1.54) is 0 Å². The summed E-state index contributed by atoms with van der Waals surface area (Å²) in [4.78, 5) is 0. The predicted molar refractivity (Wildman–Crippen MR) is 88.2 cm³/mol. The Bertz CT molecular complexity index is 744. The highest BCUT2D eigenvalue weighted by Gasteiger charge is 2.23. The van der Waals surface area contributed by atoms with Crippen molar-refractivity contribution in [2.75, 3.05) is 5.88 Å². The van der Waals surface area contributed by atoms with Crippen LogP contribution in [0.15, 0.2) is 48.5 Å². The fraction of sp³-hybridized carbons (Fsp3) is 0.176. The summed E-state index contributed by atoms with van der Waals surface area (Å²) in [6.07, 6.45) is -2.09. The van der Waals surface area contributed by atoms with E-state index >= 15 is 0 Å². The quantitative estimate of drug-likeness (QED) is 0.558. The van der Waals surface area contributed by atoms with E-state index in [-0.39, 0.29) is 5.88 Å². The van der Waals surface area contributed by atoms with Crippen LogP contribution < -0.4 is 0 Å². The summed E-state index contributed by atoms with van der Waals surface area (Å²) in [5.74, 6) is -0.0353. The molecule has 0 amide bonds. The van der Waals surface area contributed by atoms with E-state index in [4.69, 9.17) is 23.2 Å². The van der Waals surface area contributed by atoms with Gasteiger partial charge in [0, 0.05) is 10.8 Å². The smallest absolute Gasteiger partial charge is 0.107 e. The van der Waals surface area contributed by atoms with E-state index in [2.05, 4.69) is 0 Å². The summed E-state index contributed by atoms with van der Waals surface area (Å²) in [6.45, 7) is 0. The molecule has 4 heteroatoms. The Morgan fingerprint density at radius 2 is 1.24 bits per heavy atom. The van der Waals surface area contributed by atoms with Crippen LogP contribution in [0.1, 0.15) is 11.7 Å². The number of hydrogen-bond donors (Lipinski definition) is 2. The molecule has 2 N–H and O–H groups in total. The summed E-state index contributed by atoms with van der Waals surface area (Å²) >= 11 is 12.2. The van der Waals surface area contributed by atoms with Crippen molar-refractivity contribution >= 4 is 44.7 Å². The van der Waals surface area contributed by atoms with Crippen LogP contribution in [0, 0.1) is 0 Å². The van der Waals surface area contributed by atoms with Crippen molar-refractivity contribution in [1.82, 2.24) is 0 Å². The Labute approximate surface area is 132 Å². The first-order chi connectivity index (χ1) is 10.1. The van der Waals surface area contributed by atoms with Gasteiger partial charge in [0.1, 0.15) is 6.10 Å². The number of aliphatic hydroxyl groups excluding tert-OH is 2. The number of fused-ring (bicyclic) bond motifs is 2. The normalized spacial score (nSPS) is 14.5. The van der Waals surface area contributed by atoms with Crippen molar-refractivity contribution in [1.29, 1.82) is 0 Å². The molecule has 0 aliphatic heterocycles. The molecule has 2 nitrogen and oxygen atoms in total. The van der Waals surface area contributed by atoms with E-state index in [1.807, 2.05) is 48.5 Å². The molecule has 0 spiro atoms. The van der Waals surface area contributed by atoms with Crippen LogP contribution in [-0.4, -0.2) is 22.2 Å². The average molecular weight is 321 g/mol. The molecule has 3 aromatic rings. The van der Waals surface area contributed by atoms with Crippen LogP contribution in [0.4, 0.5) is 0 Å². The molecule has 2 atom stereocenters. The molecule has 0 saturated heterocycles. The zero-order chi connectivity index (χ0) is 15.0. The van der Waals surface area contributed by atoms with Crippen LogP contribution in [0.5, 0.6) is 0 Å². The van der Waals surface area contributed by atoms with Crippen molar-refractivity contribution in [2.24, 2.45) is 0 Å². The Hall–Kier alpha value is -1.32. The van der Waals surface area contributed by atoms with E-state index in [0.29, 0.717) is 10.6 Å². The van der Waals surface area contributed by atoms with Gasteiger partial charge >= 0.3 is 0 Å². The summed E-state index contributed by atoms with van der Waals surface area (Å²) in [7, 11) is 0. The molecule has 0 aliphatic carbocycles. The van der Waals surface area contributed by atoms with Gasteiger partial charge in [-0.15, -0.1) is 11.6 Å². The van der Waals surface area contributed by atoms with Gasteiger partial charge in [-0.2, -0.15) is 0 Å². The Balaban J connectivity index is 2.46. The summed E-state index contributed by atoms with van der Waals surface area (Å²) < 4.78 is 0. The number of halogens is 2. The summed E-state index contributed by atoms with van der Waals surface area (Å²) in [6, 6.07) is 15.2. The second-order valence-electron chi connectivity index (χ2n) is 4.99. The minimum atomic E-state index is -1.06. The van der Waals surface area contributed by atoms with Crippen LogP contribution in [0.2, 0.25) is 5.02 Å². The van der Waals surface area contributed by atoms with Gasteiger partial charge < -0.3 is 10.2 Å². The van der Waals surface area contributed by atoms with Crippen LogP contribution >= 0.6 is 23.2 Å². The minimum Gasteiger partial charge on any atom is -0.389 e. The summed E-state index contributed by atoms with van der Waals surface area (Å²) in [5, 5.41) is 24.5. The molecule has 0 radical (unpaired) electrons. The maximum atomic E-state index is 10.5. The number of benzene rings is 3. The molecule has 108 valence electrons. The lowest BCUT2D eigenvalue weighted by Crippen LogP contribution is -2.20. The van der Waals surface area contributed by atoms with Crippen LogP contribution in [0.25, 0.3) is 21.5 Å². The van der Waals surface area contributed by atoms with Gasteiger partial charge in [0.25, 0.3) is 0 Å². The van der Waals surface area contributed by atoms with Crippen molar-refractivity contribution < 1.29 is 10.2 Å². The Morgan fingerprint density at radius 3 is 1.67 bits per heavy atom. The highest BCUT2D eigenvalue weighted by Crippen LogP contribution is 2.39. The maximum Gasteiger partial charge on any atom is 0.107 e. The van der Waals surface area contributed by atoms with Gasteiger partial charge in [-0.05, 0) is 16.3 Å². The van der Waals surface area contributed by atoms with Crippen molar-refractivity contribution in [3.63, 3.8) is 0 Å². The monoisotopic (exact) mass is 320 g/mol. The second kappa shape index (κ2) is 5.82. The van der Waals surface area contributed by atoms with Crippen LogP contribution in [-0.2, 0) is 0 Å². The van der Waals surface area contributed by atoms with Gasteiger partial charge in [0.2, 0.25) is 0 Å². The largest absolute Gasteiger partial charge is 0.389 e. The molecule has 0 fully saturated rings. The SMILES string of the molecule is OC(CCl)C(O)c1c2ccccc2c(Cl)c2ccccc12. The molecule has 0 heterocycles. The Kier molecular flexibility index (Phi) is 4.05. The lowest BCUT2D eigenvalue weighted by molar-refractivity contribution is 0.0345. The average Bonchev–Trinajstić information content (AvgIpc) is 2.54. The van der Waals surface area contributed by atoms with E-state index in [9.17, 15) is 10.2 Å². The molecule has 0 bridgehead atoms. The number of hydrogen-bond acceptors (Lipinski definition) is 2. The lowest BCUT2D eigenvalue weighted by atomic mass is 9.91.